The van der Waals surface area contributed by atoms with Crippen LogP contribution >= 0.6 is 0 Å². The normalized spacial score (nSPS) is 15.1. The first kappa shape index (κ1) is 21.4. The largest absolute Gasteiger partial charge is 0.507 e. The molecule has 1 aliphatic heterocycles. The Morgan fingerprint density at radius 1 is 0.889 bits per heavy atom. The van der Waals surface area contributed by atoms with E-state index in [1.165, 1.54) is 18.3 Å². The molecule has 6 rings (SSSR count). The molecule has 10 heteroatoms. The van der Waals surface area contributed by atoms with Crippen molar-refractivity contribution < 1.29 is 34.4 Å². The summed E-state index contributed by atoms with van der Waals surface area (Å²) in [6.45, 7) is 0. The van der Waals surface area contributed by atoms with Crippen molar-refractivity contribution in [2.75, 3.05) is 0 Å². The molecule has 0 saturated carbocycles. The van der Waals surface area contributed by atoms with Crippen molar-refractivity contribution in [3.05, 3.63) is 76.2 Å². The Kier molecular flexibility index (Phi) is 4.58. The number of nitrogens with zero attached hydrogens (tertiary/aromatic N) is 2. The zero-order valence-corrected chi connectivity index (χ0v) is 18.3. The molecular weight excluding hydrogens is 468 g/mol. The molecule has 3 heterocycles. The summed E-state index contributed by atoms with van der Waals surface area (Å²) in [4.78, 5) is 34.5. The molecule has 10 nitrogen and oxygen atoms in total. The number of ether oxygens (including phenoxy) is 1. The lowest BCUT2D eigenvalue weighted by molar-refractivity contribution is -0.135. The summed E-state index contributed by atoms with van der Waals surface area (Å²) >= 11 is 0. The van der Waals surface area contributed by atoms with Gasteiger partial charge in [-0.25, -0.2) is 0 Å². The molecule has 0 spiro atoms. The first-order valence-corrected chi connectivity index (χ1v) is 10.8. The average molecular weight is 484 g/mol. The number of phenols is 3. The van der Waals surface area contributed by atoms with Crippen molar-refractivity contribution in [1.29, 1.82) is 0 Å². The molecule has 5 aromatic rings. The van der Waals surface area contributed by atoms with Crippen LogP contribution in [0.3, 0.4) is 0 Å². The lowest BCUT2D eigenvalue weighted by Gasteiger charge is -2.26. The van der Waals surface area contributed by atoms with E-state index in [4.69, 9.17) is 9.15 Å². The van der Waals surface area contributed by atoms with E-state index in [9.17, 15) is 30.0 Å². The average Bonchev–Trinajstić information content (AvgIpc) is 2.86. The molecule has 0 saturated heterocycles. The van der Waals surface area contributed by atoms with Crippen LogP contribution in [0.4, 0.5) is 0 Å². The van der Waals surface area contributed by atoms with Crippen molar-refractivity contribution in [2.24, 2.45) is 0 Å². The predicted octanol–water partition coefficient (Wildman–Crippen LogP) is 3.67. The summed E-state index contributed by atoms with van der Waals surface area (Å²) in [5, 5.41) is 40.6. The number of hydrogen-bond acceptors (Lipinski definition) is 10. The van der Waals surface area contributed by atoms with Crippen LogP contribution < -0.4 is 10.2 Å². The fourth-order valence-corrected chi connectivity index (χ4v) is 4.60. The van der Waals surface area contributed by atoms with Gasteiger partial charge in [-0.1, -0.05) is 12.1 Å². The highest BCUT2D eigenvalue weighted by atomic mass is 16.5. The van der Waals surface area contributed by atoms with E-state index in [1.807, 2.05) is 0 Å². The summed E-state index contributed by atoms with van der Waals surface area (Å²) in [5.74, 6) is -3.79. The number of aromatic hydroxyl groups is 4. The summed E-state index contributed by atoms with van der Waals surface area (Å²) in [5.41, 5.74) is 1.14. The van der Waals surface area contributed by atoms with Crippen molar-refractivity contribution in [3.8, 4) is 40.1 Å². The SMILES string of the molecule is O=C1C[C@@H](c2cccc3nccnc23)c2c(cc(O)c3c(=O)c(O)c(-c4ccc(O)c(O)c4)oc23)O1. The van der Waals surface area contributed by atoms with Crippen LogP contribution in [0.15, 0.2) is 64.1 Å². The number of rotatable bonds is 2. The van der Waals surface area contributed by atoms with E-state index in [-0.39, 0.29) is 34.5 Å². The second-order valence-corrected chi connectivity index (χ2v) is 8.33. The third-order valence-electron chi connectivity index (χ3n) is 6.21. The Bertz CT molecular complexity index is 1790. The van der Waals surface area contributed by atoms with Crippen molar-refractivity contribution in [3.63, 3.8) is 0 Å². The van der Waals surface area contributed by atoms with Crippen LogP contribution in [0.25, 0.3) is 33.3 Å². The van der Waals surface area contributed by atoms with Gasteiger partial charge in [0, 0.05) is 35.5 Å². The summed E-state index contributed by atoms with van der Waals surface area (Å²) in [6, 6.07) is 10.1. The molecule has 178 valence electrons. The Hall–Kier alpha value is -5.12. The Balaban J connectivity index is 1.71. The second-order valence-electron chi connectivity index (χ2n) is 8.33. The van der Waals surface area contributed by atoms with Crippen LogP contribution in [0.2, 0.25) is 0 Å². The van der Waals surface area contributed by atoms with Crippen LogP contribution in [0.1, 0.15) is 23.5 Å². The molecule has 4 N–H and O–H groups in total. The fraction of sp³-hybridized carbons (Fsp3) is 0.0769. The van der Waals surface area contributed by atoms with Crippen LogP contribution in [-0.2, 0) is 4.79 Å². The van der Waals surface area contributed by atoms with E-state index in [0.29, 0.717) is 22.2 Å². The molecule has 36 heavy (non-hydrogen) atoms. The molecule has 0 aliphatic carbocycles. The number of phenolic OH excluding ortho intramolecular Hbond substituents is 3. The minimum absolute atomic E-state index is 0.00418. The number of para-hydroxylation sites is 1. The van der Waals surface area contributed by atoms with E-state index < -0.39 is 40.3 Å². The quantitative estimate of drug-likeness (QED) is 0.165. The van der Waals surface area contributed by atoms with E-state index in [1.54, 1.807) is 24.4 Å². The van der Waals surface area contributed by atoms with Crippen LogP contribution in [-0.4, -0.2) is 36.4 Å². The molecule has 0 amide bonds. The van der Waals surface area contributed by atoms with Gasteiger partial charge in [0.15, 0.2) is 17.3 Å². The number of fused-ring (bicyclic) bond motifs is 4. The highest BCUT2D eigenvalue weighted by Gasteiger charge is 2.35. The maximum absolute atomic E-state index is 13.2. The molecular formula is C26H16N2O8. The van der Waals surface area contributed by atoms with Gasteiger partial charge in [0.05, 0.1) is 17.5 Å². The Morgan fingerprint density at radius 2 is 1.69 bits per heavy atom. The number of hydrogen-bond donors (Lipinski definition) is 4. The van der Waals surface area contributed by atoms with Gasteiger partial charge in [0.2, 0.25) is 11.2 Å². The van der Waals surface area contributed by atoms with Gasteiger partial charge in [0.25, 0.3) is 0 Å². The van der Waals surface area contributed by atoms with Crippen molar-refractivity contribution in [2.45, 2.75) is 12.3 Å². The molecule has 0 fully saturated rings. The summed E-state index contributed by atoms with van der Waals surface area (Å²) < 4.78 is 11.4. The van der Waals surface area contributed by atoms with Gasteiger partial charge in [-0.3, -0.25) is 19.6 Å². The number of benzene rings is 3. The summed E-state index contributed by atoms with van der Waals surface area (Å²) in [7, 11) is 0. The van der Waals surface area contributed by atoms with Gasteiger partial charge < -0.3 is 29.6 Å². The number of esters is 1. The topological polar surface area (TPSA) is 163 Å². The molecule has 0 unspecified atom stereocenters. The molecule has 3 aromatic carbocycles. The van der Waals surface area contributed by atoms with Crippen molar-refractivity contribution >= 4 is 28.0 Å². The van der Waals surface area contributed by atoms with Crippen molar-refractivity contribution in [1.82, 2.24) is 9.97 Å². The monoisotopic (exact) mass is 484 g/mol. The lowest BCUT2D eigenvalue weighted by atomic mass is 9.84. The maximum atomic E-state index is 13.2. The van der Waals surface area contributed by atoms with Gasteiger partial charge in [0.1, 0.15) is 22.5 Å². The fourth-order valence-electron chi connectivity index (χ4n) is 4.60. The maximum Gasteiger partial charge on any atom is 0.312 e. The van der Waals surface area contributed by atoms with Gasteiger partial charge in [-0.2, -0.15) is 0 Å². The summed E-state index contributed by atoms with van der Waals surface area (Å²) in [6.07, 6.45) is 2.96. The minimum Gasteiger partial charge on any atom is -0.507 e. The second kappa shape index (κ2) is 7.70. The highest BCUT2D eigenvalue weighted by molar-refractivity contribution is 5.95. The van der Waals surface area contributed by atoms with Gasteiger partial charge in [-0.15, -0.1) is 0 Å². The van der Waals surface area contributed by atoms with E-state index >= 15 is 0 Å². The van der Waals surface area contributed by atoms with Crippen LogP contribution in [0.5, 0.6) is 28.7 Å². The Labute approximate surface area is 201 Å². The predicted molar refractivity (Wildman–Crippen MR) is 126 cm³/mol. The molecule has 1 atom stereocenters. The number of carbonyl (C=O) groups excluding carboxylic acids is 1. The van der Waals surface area contributed by atoms with Crippen LogP contribution in [0, 0.1) is 0 Å². The zero-order chi connectivity index (χ0) is 25.1. The van der Waals surface area contributed by atoms with E-state index in [0.717, 1.165) is 12.1 Å². The third-order valence-corrected chi connectivity index (χ3v) is 6.21. The minimum atomic E-state index is -0.924. The molecule has 0 bridgehead atoms. The number of carbonyl (C=O) groups is 1. The lowest BCUT2D eigenvalue weighted by Crippen LogP contribution is -2.22. The first-order valence-electron chi connectivity index (χ1n) is 10.8. The standard InChI is InChI=1S/C26H16N2O8/c29-15-5-4-11(8-16(15)30)25-24(34)23(33)21-17(31)10-18-20(26(21)36-25)13(9-19(32)35-18)12-2-1-3-14-22(12)28-7-6-27-14/h1-8,10,13,29-31,34H,9H2/t13-/m0/s1. The smallest absolute Gasteiger partial charge is 0.312 e. The van der Waals surface area contributed by atoms with Gasteiger partial charge in [-0.05, 0) is 29.8 Å². The molecule has 0 radical (unpaired) electrons. The number of aromatic nitrogens is 2. The third kappa shape index (κ3) is 3.12. The van der Waals surface area contributed by atoms with Gasteiger partial charge >= 0.3 is 5.97 Å². The Morgan fingerprint density at radius 3 is 2.50 bits per heavy atom. The molecule has 1 aliphatic rings. The molecule has 2 aromatic heterocycles. The zero-order valence-electron chi connectivity index (χ0n) is 18.3. The first-order chi connectivity index (χ1) is 17.3. The highest BCUT2D eigenvalue weighted by Crippen LogP contribution is 2.48. The van der Waals surface area contributed by atoms with E-state index in [2.05, 4.69) is 9.97 Å².